The number of imide groups is 1. The van der Waals surface area contributed by atoms with Gasteiger partial charge in [-0.2, -0.15) is 0 Å². The number of ketones is 1. The summed E-state index contributed by atoms with van der Waals surface area (Å²) in [6.07, 6.45) is 0.918. The molecule has 1 aromatic rings. The Labute approximate surface area is 105 Å². The Bertz CT molecular complexity index is 503. The van der Waals surface area contributed by atoms with Gasteiger partial charge in [0.15, 0.2) is 5.78 Å². The molecule has 2 amide bonds. The van der Waals surface area contributed by atoms with Crippen LogP contribution in [0.25, 0.3) is 0 Å². The summed E-state index contributed by atoms with van der Waals surface area (Å²) in [6.45, 7) is 0.221. The number of Topliss-reactive ketones (excluding diaryl/α,β-unsaturated/α-hetero) is 1. The summed E-state index contributed by atoms with van der Waals surface area (Å²) in [6, 6.07) is 8.93. The first kappa shape index (κ1) is 11.1. The van der Waals surface area contributed by atoms with E-state index in [1.54, 1.807) is 24.3 Å². The number of likely N-dealkylation sites (tertiary alicyclic amines) is 1. The fourth-order valence-electron chi connectivity index (χ4n) is 2.45. The second-order valence-corrected chi connectivity index (χ2v) is 4.82. The fourth-order valence-corrected chi connectivity index (χ4v) is 2.45. The summed E-state index contributed by atoms with van der Waals surface area (Å²) in [5.41, 5.74) is 0.627. The van der Waals surface area contributed by atoms with Crippen LogP contribution in [0.1, 0.15) is 23.2 Å². The predicted octanol–water partition coefficient (Wildman–Crippen LogP) is 1.26. The number of amides is 2. The van der Waals surface area contributed by atoms with Crippen LogP contribution in [0.2, 0.25) is 0 Å². The Kier molecular flexibility index (Phi) is 2.51. The van der Waals surface area contributed by atoms with Crippen LogP contribution in [0, 0.1) is 11.8 Å². The molecule has 0 N–H and O–H groups in total. The molecule has 1 saturated heterocycles. The van der Waals surface area contributed by atoms with Crippen LogP contribution < -0.4 is 0 Å². The van der Waals surface area contributed by atoms with Crippen molar-refractivity contribution in [1.29, 1.82) is 0 Å². The monoisotopic (exact) mass is 243 g/mol. The molecule has 1 aliphatic heterocycles. The zero-order chi connectivity index (χ0) is 12.7. The number of nitrogens with zero attached hydrogens (tertiary/aromatic N) is 1. The molecule has 92 valence electrons. The summed E-state index contributed by atoms with van der Waals surface area (Å²) in [5, 5.41) is 0. The Morgan fingerprint density at radius 2 is 1.72 bits per heavy atom. The standard InChI is InChI=1S/C14H13NO3/c16-12(9-4-2-1-3-5-9)6-7-15-13(17)10-8-11(10)14(15)18/h1-5,10-11H,6-8H2/t10-,11-/m0/s1. The molecule has 2 aliphatic rings. The van der Waals surface area contributed by atoms with Gasteiger partial charge >= 0.3 is 0 Å². The van der Waals surface area contributed by atoms with Crippen LogP contribution >= 0.6 is 0 Å². The van der Waals surface area contributed by atoms with Crippen LogP contribution in [0.5, 0.6) is 0 Å². The minimum absolute atomic E-state index is 0.0308. The van der Waals surface area contributed by atoms with Crippen molar-refractivity contribution in [3.63, 3.8) is 0 Å². The van der Waals surface area contributed by atoms with Crippen molar-refractivity contribution in [1.82, 2.24) is 4.90 Å². The number of fused-ring (bicyclic) bond motifs is 1. The Balaban J connectivity index is 1.61. The summed E-state index contributed by atoms with van der Waals surface area (Å²) in [7, 11) is 0. The van der Waals surface area contributed by atoms with Gasteiger partial charge in [0.2, 0.25) is 11.8 Å². The molecular formula is C14H13NO3. The molecule has 1 aliphatic carbocycles. The largest absolute Gasteiger partial charge is 0.294 e. The molecule has 3 rings (SSSR count). The van der Waals surface area contributed by atoms with Crippen LogP contribution in [0.3, 0.4) is 0 Å². The molecule has 0 aromatic heterocycles. The van der Waals surface area contributed by atoms with E-state index in [0.29, 0.717) is 12.0 Å². The van der Waals surface area contributed by atoms with Gasteiger partial charge in [0.05, 0.1) is 11.8 Å². The quantitative estimate of drug-likeness (QED) is 0.591. The highest BCUT2D eigenvalue weighted by molar-refractivity contribution is 6.09. The molecule has 1 aromatic carbocycles. The number of carbonyl (C=O) groups excluding carboxylic acids is 3. The number of hydrogen-bond acceptors (Lipinski definition) is 3. The number of benzene rings is 1. The lowest BCUT2D eigenvalue weighted by Gasteiger charge is -2.15. The molecule has 1 saturated carbocycles. The highest BCUT2D eigenvalue weighted by Gasteiger charge is 2.58. The summed E-state index contributed by atoms with van der Waals surface area (Å²) < 4.78 is 0. The maximum atomic E-state index is 11.9. The van der Waals surface area contributed by atoms with E-state index in [0.717, 1.165) is 0 Å². The molecule has 0 unspecified atom stereocenters. The van der Waals surface area contributed by atoms with Gasteiger partial charge in [-0.15, -0.1) is 0 Å². The SMILES string of the molecule is O=C(CCN1C(=O)[C@H]2C[C@@H]2C1=O)c1ccccc1. The first-order chi connectivity index (χ1) is 8.68. The maximum absolute atomic E-state index is 11.9. The Morgan fingerprint density at radius 3 is 2.33 bits per heavy atom. The first-order valence-electron chi connectivity index (χ1n) is 6.12. The van der Waals surface area contributed by atoms with E-state index in [4.69, 9.17) is 0 Å². The second-order valence-electron chi connectivity index (χ2n) is 4.82. The molecule has 18 heavy (non-hydrogen) atoms. The molecule has 4 nitrogen and oxygen atoms in total. The lowest BCUT2D eigenvalue weighted by Crippen LogP contribution is -2.34. The average Bonchev–Trinajstić information content (AvgIpc) is 3.15. The zero-order valence-corrected chi connectivity index (χ0v) is 9.83. The lowest BCUT2D eigenvalue weighted by atomic mass is 10.1. The van der Waals surface area contributed by atoms with Crippen LogP contribution in [-0.4, -0.2) is 29.0 Å². The van der Waals surface area contributed by atoms with Gasteiger partial charge in [0, 0.05) is 18.5 Å². The van der Waals surface area contributed by atoms with Crippen molar-refractivity contribution in [2.24, 2.45) is 11.8 Å². The average molecular weight is 243 g/mol. The van der Waals surface area contributed by atoms with Crippen molar-refractivity contribution in [3.8, 4) is 0 Å². The van der Waals surface area contributed by atoms with E-state index < -0.39 is 0 Å². The van der Waals surface area contributed by atoms with Crippen molar-refractivity contribution in [2.75, 3.05) is 6.54 Å². The number of carbonyl (C=O) groups is 3. The smallest absolute Gasteiger partial charge is 0.233 e. The second kappa shape index (κ2) is 4.05. The Hall–Kier alpha value is -1.97. The van der Waals surface area contributed by atoms with Gasteiger partial charge in [-0.1, -0.05) is 30.3 Å². The van der Waals surface area contributed by atoms with Crippen LogP contribution in [-0.2, 0) is 9.59 Å². The topological polar surface area (TPSA) is 54.5 Å². The number of rotatable bonds is 4. The van der Waals surface area contributed by atoms with Crippen LogP contribution in [0.15, 0.2) is 30.3 Å². The van der Waals surface area contributed by atoms with E-state index in [1.807, 2.05) is 6.07 Å². The summed E-state index contributed by atoms with van der Waals surface area (Å²) in [4.78, 5) is 36.5. The highest BCUT2D eigenvalue weighted by Crippen LogP contribution is 2.46. The van der Waals surface area contributed by atoms with Gasteiger partial charge in [-0.25, -0.2) is 0 Å². The highest BCUT2D eigenvalue weighted by atomic mass is 16.2. The van der Waals surface area contributed by atoms with E-state index in [2.05, 4.69) is 0 Å². The third-order valence-corrected chi connectivity index (χ3v) is 3.62. The molecule has 1 heterocycles. The molecule has 2 atom stereocenters. The van der Waals surface area contributed by atoms with Crippen molar-refractivity contribution >= 4 is 17.6 Å². The van der Waals surface area contributed by atoms with Gasteiger partial charge < -0.3 is 0 Å². The van der Waals surface area contributed by atoms with Gasteiger partial charge in [0.25, 0.3) is 0 Å². The molecular weight excluding hydrogens is 230 g/mol. The number of hydrogen-bond donors (Lipinski definition) is 0. The van der Waals surface area contributed by atoms with Gasteiger partial charge in [0.1, 0.15) is 0 Å². The van der Waals surface area contributed by atoms with E-state index in [1.165, 1.54) is 4.90 Å². The van der Waals surface area contributed by atoms with E-state index in [-0.39, 0.29) is 42.4 Å². The lowest BCUT2D eigenvalue weighted by molar-refractivity contribution is -0.141. The number of piperidine rings is 1. The van der Waals surface area contributed by atoms with Crippen molar-refractivity contribution in [3.05, 3.63) is 35.9 Å². The molecule has 0 spiro atoms. The van der Waals surface area contributed by atoms with E-state index in [9.17, 15) is 14.4 Å². The van der Waals surface area contributed by atoms with Gasteiger partial charge in [-0.3, -0.25) is 19.3 Å². The third kappa shape index (κ3) is 1.74. The molecule has 0 radical (unpaired) electrons. The predicted molar refractivity (Wildman–Crippen MR) is 63.7 cm³/mol. The normalized spacial score (nSPS) is 25.2. The van der Waals surface area contributed by atoms with E-state index >= 15 is 0 Å². The zero-order valence-electron chi connectivity index (χ0n) is 9.83. The molecule has 4 heteroatoms. The van der Waals surface area contributed by atoms with Gasteiger partial charge in [-0.05, 0) is 6.42 Å². The van der Waals surface area contributed by atoms with Crippen molar-refractivity contribution in [2.45, 2.75) is 12.8 Å². The molecule has 2 fully saturated rings. The minimum atomic E-state index is -0.0918. The summed E-state index contributed by atoms with van der Waals surface area (Å²) in [5.74, 6) is -0.373. The van der Waals surface area contributed by atoms with Crippen LogP contribution in [0.4, 0.5) is 0 Å². The maximum Gasteiger partial charge on any atom is 0.233 e. The summed E-state index contributed by atoms with van der Waals surface area (Å²) >= 11 is 0. The Morgan fingerprint density at radius 1 is 1.11 bits per heavy atom. The first-order valence-corrected chi connectivity index (χ1v) is 6.12. The molecule has 0 bridgehead atoms. The third-order valence-electron chi connectivity index (χ3n) is 3.62. The van der Waals surface area contributed by atoms with Crippen molar-refractivity contribution < 1.29 is 14.4 Å². The fraction of sp³-hybridized carbons (Fsp3) is 0.357. The minimum Gasteiger partial charge on any atom is -0.294 e.